The van der Waals surface area contributed by atoms with Crippen molar-refractivity contribution in [3.05, 3.63) is 34.0 Å². The average Bonchev–Trinajstić information content (AvgIpc) is 3.16. The lowest BCUT2D eigenvalue weighted by atomic mass is 10.3. The zero-order valence-electron chi connectivity index (χ0n) is 11.8. The summed E-state index contributed by atoms with van der Waals surface area (Å²) < 4.78 is 40.6. The van der Waals surface area contributed by atoms with Crippen molar-refractivity contribution >= 4 is 27.0 Å². The van der Waals surface area contributed by atoms with Gasteiger partial charge in [0.25, 0.3) is 0 Å². The molecule has 1 aliphatic rings. The molecular weight excluding hydrogens is 327 g/mol. The summed E-state index contributed by atoms with van der Waals surface area (Å²) in [6.07, 6.45) is 1.60. The number of anilines is 1. The molecule has 0 atom stereocenters. The van der Waals surface area contributed by atoms with E-state index in [4.69, 9.17) is 0 Å². The quantitative estimate of drug-likeness (QED) is 0.839. The molecule has 0 saturated heterocycles. The van der Waals surface area contributed by atoms with Crippen LogP contribution >= 0.6 is 11.3 Å². The lowest BCUT2D eigenvalue weighted by Gasteiger charge is -2.10. The molecule has 1 heterocycles. The molecule has 1 fully saturated rings. The van der Waals surface area contributed by atoms with Crippen LogP contribution in [0.25, 0.3) is 0 Å². The summed E-state index contributed by atoms with van der Waals surface area (Å²) in [5, 5.41) is 12.5. The van der Waals surface area contributed by atoms with Crippen LogP contribution in [0.3, 0.4) is 0 Å². The Morgan fingerprint density at radius 2 is 2.14 bits per heavy atom. The number of benzene rings is 1. The molecule has 9 heteroatoms. The smallest absolute Gasteiger partial charge is 0.243 e. The predicted molar refractivity (Wildman–Crippen MR) is 81.7 cm³/mol. The molecule has 1 aromatic carbocycles. The summed E-state index contributed by atoms with van der Waals surface area (Å²) in [5.41, 5.74) is 0.519. The summed E-state index contributed by atoms with van der Waals surface area (Å²) in [7, 11) is -3.82. The van der Waals surface area contributed by atoms with Crippen LogP contribution in [0.15, 0.2) is 23.1 Å². The largest absolute Gasteiger partial charge is 0.378 e. The minimum absolute atomic E-state index is 0.0645. The van der Waals surface area contributed by atoms with E-state index in [-0.39, 0.29) is 10.9 Å². The SMILES string of the molecule is Cc1nnc(CNc2ccc(F)c(S(=O)(=O)NC3CC3)c2)s1. The molecule has 0 spiro atoms. The molecule has 0 unspecified atom stereocenters. The van der Waals surface area contributed by atoms with E-state index < -0.39 is 15.8 Å². The van der Waals surface area contributed by atoms with E-state index in [1.165, 1.54) is 23.5 Å². The van der Waals surface area contributed by atoms with Gasteiger partial charge >= 0.3 is 0 Å². The van der Waals surface area contributed by atoms with E-state index >= 15 is 0 Å². The molecule has 1 saturated carbocycles. The van der Waals surface area contributed by atoms with Crippen LogP contribution in [0.5, 0.6) is 0 Å². The second kappa shape index (κ2) is 5.90. The highest BCUT2D eigenvalue weighted by Gasteiger charge is 2.29. The van der Waals surface area contributed by atoms with E-state index in [0.717, 1.165) is 28.9 Å². The maximum Gasteiger partial charge on any atom is 0.243 e. The molecule has 1 aliphatic carbocycles. The van der Waals surface area contributed by atoms with Gasteiger partial charge in [0.1, 0.15) is 20.7 Å². The van der Waals surface area contributed by atoms with E-state index in [1.807, 2.05) is 6.92 Å². The molecule has 0 radical (unpaired) electrons. The number of aromatic nitrogens is 2. The Bertz CT molecular complexity index is 787. The van der Waals surface area contributed by atoms with Gasteiger partial charge in [-0.1, -0.05) is 11.3 Å². The van der Waals surface area contributed by atoms with E-state index in [1.54, 1.807) is 0 Å². The Balaban J connectivity index is 1.77. The number of nitrogens with one attached hydrogen (secondary N) is 2. The van der Waals surface area contributed by atoms with Crippen LogP contribution < -0.4 is 10.0 Å². The topological polar surface area (TPSA) is 84.0 Å². The monoisotopic (exact) mass is 342 g/mol. The molecule has 2 aromatic rings. The average molecular weight is 342 g/mol. The van der Waals surface area contributed by atoms with Crippen LogP contribution in [0.2, 0.25) is 0 Å². The number of halogens is 1. The van der Waals surface area contributed by atoms with Crippen molar-refractivity contribution in [2.24, 2.45) is 0 Å². The minimum atomic E-state index is -3.82. The van der Waals surface area contributed by atoms with Crippen LogP contribution in [0.1, 0.15) is 22.9 Å². The summed E-state index contributed by atoms with van der Waals surface area (Å²) >= 11 is 1.45. The fourth-order valence-electron chi connectivity index (χ4n) is 1.89. The standard InChI is InChI=1S/C13H15FN4O2S2/c1-8-16-17-13(21-8)7-15-10-4-5-11(14)12(6-10)22(19,20)18-9-2-3-9/h4-6,9,15,18H,2-3,7H2,1H3. The second-order valence-corrected chi connectivity index (χ2v) is 8.06. The summed E-state index contributed by atoms with van der Waals surface area (Å²) in [5.74, 6) is -0.759. The van der Waals surface area contributed by atoms with Gasteiger partial charge in [-0.05, 0) is 38.0 Å². The maximum atomic E-state index is 13.8. The number of rotatable bonds is 6. The molecule has 6 nitrogen and oxygen atoms in total. The first kappa shape index (κ1) is 15.3. The van der Waals surface area contributed by atoms with Crippen LogP contribution in [0.4, 0.5) is 10.1 Å². The van der Waals surface area contributed by atoms with Gasteiger partial charge in [-0.2, -0.15) is 0 Å². The van der Waals surface area contributed by atoms with Crippen LogP contribution in [-0.2, 0) is 16.6 Å². The molecule has 0 aliphatic heterocycles. The molecule has 3 rings (SSSR count). The van der Waals surface area contributed by atoms with Crippen molar-refractivity contribution in [2.45, 2.75) is 37.2 Å². The first-order chi connectivity index (χ1) is 10.4. The number of aryl methyl sites for hydroxylation is 1. The van der Waals surface area contributed by atoms with Crippen molar-refractivity contribution in [2.75, 3.05) is 5.32 Å². The summed E-state index contributed by atoms with van der Waals surface area (Å²) in [6, 6.07) is 3.88. The molecular formula is C13H15FN4O2S2. The highest BCUT2D eigenvalue weighted by Crippen LogP contribution is 2.25. The number of hydrogen-bond acceptors (Lipinski definition) is 6. The van der Waals surface area contributed by atoms with Gasteiger partial charge in [0, 0.05) is 11.7 Å². The number of hydrogen-bond donors (Lipinski definition) is 2. The first-order valence-corrected chi connectivity index (χ1v) is 9.09. The van der Waals surface area contributed by atoms with E-state index in [2.05, 4.69) is 20.2 Å². The van der Waals surface area contributed by atoms with Gasteiger partial charge in [0.2, 0.25) is 10.0 Å². The first-order valence-electron chi connectivity index (χ1n) is 6.79. The van der Waals surface area contributed by atoms with Gasteiger partial charge < -0.3 is 5.32 Å². The Morgan fingerprint density at radius 3 is 2.77 bits per heavy atom. The van der Waals surface area contributed by atoms with Crippen molar-refractivity contribution in [3.63, 3.8) is 0 Å². The predicted octanol–water partition coefficient (Wildman–Crippen LogP) is 2.04. The molecule has 2 N–H and O–H groups in total. The molecule has 22 heavy (non-hydrogen) atoms. The molecule has 0 bridgehead atoms. The normalized spacial score (nSPS) is 15.0. The third-order valence-corrected chi connectivity index (χ3v) is 5.51. The summed E-state index contributed by atoms with van der Waals surface area (Å²) in [6.45, 7) is 2.26. The van der Waals surface area contributed by atoms with E-state index in [0.29, 0.717) is 12.2 Å². The Morgan fingerprint density at radius 1 is 1.36 bits per heavy atom. The molecule has 1 aromatic heterocycles. The van der Waals surface area contributed by atoms with Gasteiger partial charge in [0.05, 0.1) is 6.54 Å². The third-order valence-electron chi connectivity index (χ3n) is 3.13. The Labute approximate surface area is 131 Å². The fraction of sp³-hybridized carbons (Fsp3) is 0.385. The van der Waals surface area contributed by atoms with Crippen LogP contribution in [-0.4, -0.2) is 24.7 Å². The number of sulfonamides is 1. The third kappa shape index (κ3) is 3.60. The van der Waals surface area contributed by atoms with Crippen molar-refractivity contribution in [1.29, 1.82) is 0 Å². The van der Waals surface area contributed by atoms with Crippen molar-refractivity contribution in [3.8, 4) is 0 Å². The molecule has 118 valence electrons. The number of nitrogens with zero attached hydrogens (tertiary/aromatic N) is 2. The highest BCUT2D eigenvalue weighted by molar-refractivity contribution is 7.89. The zero-order valence-corrected chi connectivity index (χ0v) is 13.5. The lowest BCUT2D eigenvalue weighted by Crippen LogP contribution is -2.26. The summed E-state index contributed by atoms with van der Waals surface area (Å²) in [4.78, 5) is -0.335. The van der Waals surface area contributed by atoms with Crippen LogP contribution in [0, 0.1) is 12.7 Å². The van der Waals surface area contributed by atoms with Crippen molar-refractivity contribution in [1.82, 2.24) is 14.9 Å². The Kier molecular flexibility index (Phi) is 4.11. The fourth-order valence-corrected chi connectivity index (χ4v) is 3.95. The molecule has 0 amide bonds. The van der Waals surface area contributed by atoms with Gasteiger partial charge in [-0.3, -0.25) is 0 Å². The van der Waals surface area contributed by atoms with E-state index in [9.17, 15) is 12.8 Å². The van der Waals surface area contributed by atoms with Gasteiger partial charge in [-0.15, -0.1) is 10.2 Å². The second-order valence-electron chi connectivity index (χ2n) is 5.11. The van der Waals surface area contributed by atoms with Gasteiger partial charge in [-0.25, -0.2) is 17.5 Å². The van der Waals surface area contributed by atoms with Gasteiger partial charge in [0.15, 0.2) is 0 Å². The van der Waals surface area contributed by atoms with Crippen molar-refractivity contribution < 1.29 is 12.8 Å². The maximum absolute atomic E-state index is 13.8. The minimum Gasteiger partial charge on any atom is -0.378 e. The Hall–Kier alpha value is -1.58. The zero-order chi connectivity index (χ0) is 15.7. The lowest BCUT2D eigenvalue weighted by molar-refractivity contribution is 0.557. The highest BCUT2D eigenvalue weighted by atomic mass is 32.2.